The maximum Gasteiger partial charge on any atom is 0.228 e. The second-order valence-corrected chi connectivity index (χ2v) is 5.36. The number of rotatable bonds is 2. The van der Waals surface area contributed by atoms with Gasteiger partial charge in [0.25, 0.3) is 0 Å². The molecule has 0 atom stereocenters. The van der Waals surface area contributed by atoms with Crippen LogP contribution in [0.1, 0.15) is 5.56 Å². The number of benzene rings is 2. The zero-order valence-corrected chi connectivity index (χ0v) is 11.8. The average Bonchev–Trinajstić information content (AvgIpc) is 2.73. The predicted octanol–water partition coefficient (Wildman–Crippen LogP) is 3.46. The number of fused-ring (bicyclic) bond motifs is 1. The molecule has 1 heterocycles. The van der Waals surface area contributed by atoms with Crippen LogP contribution in [-0.2, 0) is 11.2 Å². The molecule has 0 unspecified atom stereocenters. The summed E-state index contributed by atoms with van der Waals surface area (Å²) in [5.41, 5.74) is 7.70. The largest absolute Gasteiger partial charge is 0.452 e. The van der Waals surface area contributed by atoms with Gasteiger partial charge in [0.05, 0.1) is 12.1 Å². The minimum absolute atomic E-state index is 0.0651. The molecule has 0 radical (unpaired) electrons. The predicted molar refractivity (Wildman–Crippen MR) is 77.4 cm³/mol. The third-order valence-electron chi connectivity index (χ3n) is 2.97. The second-order valence-electron chi connectivity index (χ2n) is 4.45. The topological polar surface area (TPSA) is 64.3 Å². The number of anilines is 2. The first-order valence-electron chi connectivity index (χ1n) is 5.88. The van der Waals surface area contributed by atoms with Gasteiger partial charge < -0.3 is 15.8 Å². The Morgan fingerprint density at radius 2 is 2.05 bits per heavy atom. The van der Waals surface area contributed by atoms with E-state index in [0.717, 1.165) is 5.56 Å². The van der Waals surface area contributed by atoms with Gasteiger partial charge in [-0.05, 0) is 29.8 Å². The molecular formula is C14H10BrFN2O2. The van der Waals surface area contributed by atoms with E-state index in [-0.39, 0.29) is 11.7 Å². The number of halogens is 2. The Kier molecular flexibility index (Phi) is 3.10. The van der Waals surface area contributed by atoms with Crippen molar-refractivity contribution >= 4 is 33.2 Å². The van der Waals surface area contributed by atoms with E-state index in [0.29, 0.717) is 28.0 Å². The van der Waals surface area contributed by atoms with Crippen molar-refractivity contribution in [2.75, 3.05) is 11.1 Å². The van der Waals surface area contributed by atoms with Crippen LogP contribution < -0.4 is 15.8 Å². The van der Waals surface area contributed by atoms with Crippen molar-refractivity contribution in [3.63, 3.8) is 0 Å². The molecule has 6 heteroatoms. The molecule has 0 aliphatic carbocycles. The highest BCUT2D eigenvalue weighted by atomic mass is 79.9. The van der Waals surface area contributed by atoms with Crippen LogP contribution in [0.4, 0.5) is 15.8 Å². The summed E-state index contributed by atoms with van der Waals surface area (Å²) in [6.07, 6.45) is 0.297. The third-order valence-corrected chi connectivity index (χ3v) is 3.47. The molecule has 3 N–H and O–H groups in total. The van der Waals surface area contributed by atoms with Crippen LogP contribution in [0.5, 0.6) is 11.5 Å². The number of nitrogens with one attached hydrogen (secondary N) is 1. The van der Waals surface area contributed by atoms with Crippen molar-refractivity contribution < 1.29 is 13.9 Å². The molecule has 0 fully saturated rings. The molecule has 1 aliphatic rings. The van der Waals surface area contributed by atoms with Crippen LogP contribution in [-0.4, -0.2) is 5.91 Å². The molecule has 4 nitrogen and oxygen atoms in total. The average molecular weight is 337 g/mol. The molecule has 20 heavy (non-hydrogen) atoms. The fourth-order valence-corrected chi connectivity index (χ4v) is 2.38. The zero-order valence-electron chi connectivity index (χ0n) is 10.2. The highest BCUT2D eigenvalue weighted by molar-refractivity contribution is 9.10. The molecular weight excluding hydrogens is 327 g/mol. The summed E-state index contributed by atoms with van der Waals surface area (Å²) in [4.78, 5) is 11.3. The third kappa shape index (κ3) is 2.34. The van der Waals surface area contributed by atoms with Gasteiger partial charge in [-0.3, -0.25) is 4.79 Å². The van der Waals surface area contributed by atoms with E-state index in [1.54, 1.807) is 18.2 Å². The number of nitrogen functional groups attached to an aromatic ring is 1. The molecule has 2 aromatic rings. The molecule has 0 saturated carbocycles. The van der Waals surface area contributed by atoms with Gasteiger partial charge in [-0.25, -0.2) is 4.39 Å². The van der Waals surface area contributed by atoms with Gasteiger partial charge in [-0.15, -0.1) is 0 Å². The Balaban J connectivity index is 1.97. The molecule has 1 amide bonds. The first-order valence-corrected chi connectivity index (χ1v) is 6.67. The molecule has 0 spiro atoms. The summed E-state index contributed by atoms with van der Waals surface area (Å²) >= 11 is 3.25. The van der Waals surface area contributed by atoms with E-state index < -0.39 is 5.82 Å². The quantitative estimate of drug-likeness (QED) is 0.825. The summed E-state index contributed by atoms with van der Waals surface area (Å²) in [6, 6.07) is 7.66. The van der Waals surface area contributed by atoms with Gasteiger partial charge >= 0.3 is 0 Å². The van der Waals surface area contributed by atoms with E-state index >= 15 is 0 Å². The van der Waals surface area contributed by atoms with Gasteiger partial charge in [0.15, 0.2) is 17.3 Å². The van der Waals surface area contributed by atoms with Crippen molar-refractivity contribution in [1.29, 1.82) is 0 Å². The number of nitrogens with two attached hydrogens (primary N) is 1. The van der Waals surface area contributed by atoms with Crippen LogP contribution in [0.15, 0.2) is 34.8 Å². The van der Waals surface area contributed by atoms with Crippen LogP contribution in [0.25, 0.3) is 0 Å². The monoisotopic (exact) mass is 336 g/mol. The summed E-state index contributed by atoms with van der Waals surface area (Å²) in [7, 11) is 0. The lowest BCUT2D eigenvalue weighted by Crippen LogP contribution is -2.03. The van der Waals surface area contributed by atoms with E-state index in [1.165, 1.54) is 12.1 Å². The maximum absolute atomic E-state index is 13.7. The van der Waals surface area contributed by atoms with Crippen molar-refractivity contribution in [2.24, 2.45) is 0 Å². The zero-order chi connectivity index (χ0) is 14.3. The lowest BCUT2D eigenvalue weighted by Gasteiger charge is -2.11. The normalized spacial score (nSPS) is 13.0. The Labute approximate surface area is 122 Å². The highest BCUT2D eigenvalue weighted by Crippen LogP contribution is 2.36. The molecule has 0 bridgehead atoms. The maximum atomic E-state index is 13.7. The first-order chi connectivity index (χ1) is 9.52. The fraction of sp³-hybridized carbons (Fsp3) is 0.0714. The number of hydrogen-bond donors (Lipinski definition) is 2. The number of carbonyl (C=O) groups excluding carboxylic acids is 1. The van der Waals surface area contributed by atoms with Gasteiger partial charge in [0.1, 0.15) is 0 Å². The standard InChI is InChI=1S/C14H10BrFN2O2/c15-8-1-2-9(16)12(5-8)20-13-6-11-7(3-10(13)17)4-14(19)18-11/h1-3,5-6H,4,17H2,(H,18,19). The number of hydrogen-bond acceptors (Lipinski definition) is 3. The SMILES string of the molecule is Nc1cc2c(cc1Oc1cc(Br)ccc1F)NC(=O)C2. The van der Waals surface area contributed by atoms with Crippen molar-refractivity contribution in [2.45, 2.75) is 6.42 Å². The Morgan fingerprint density at radius 1 is 1.25 bits per heavy atom. The van der Waals surface area contributed by atoms with E-state index in [9.17, 15) is 9.18 Å². The van der Waals surface area contributed by atoms with Gasteiger partial charge in [0, 0.05) is 16.2 Å². The van der Waals surface area contributed by atoms with Crippen molar-refractivity contribution in [3.05, 3.63) is 46.2 Å². The Hall–Kier alpha value is -2.08. The van der Waals surface area contributed by atoms with Gasteiger partial charge in [-0.1, -0.05) is 15.9 Å². The molecule has 1 aliphatic heterocycles. The van der Waals surface area contributed by atoms with Crippen molar-refractivity contribution in [3.8, 4) is 11.5 Å². The van der Waals surface area contributed by atoms with E-state index in [1.807, 2.05) is 0 Å². The molecule has 3 rings (SSSR count). The molecule has 0 saturated heterocycles. The summed E-state index contributed by atoms with van der Waals surface area (Å²) in [6.45, 7) is 0. The molecule has 2 aromatic carbocycles. The van der Waals surface area contributed by atoms with E-state index in [4.69, 9.17) is 10.5 Å². The second kappa shape index (κ2) is 4.79. The smallest absolute Gasteiger partial charge is 0.228 e. The fourth-order valence-electron chi connectivity index (χ4n) is 2.04. The number of carbonyl (C=O) groups is 1. The minimum Gasteiger partial charge on any atom is -0.452 e. The van der Waals surface area contributed by atoms with E-state index in [2.05, 4.69) is 21.2 Å². The van der Waals surface area contributed by atoms with Crippen LogP contribution >= 0.6 is 15.9 Å². The molecule has 0 aromatic heterocycles. The lowest BCUT2D eigenvalue weighted by molar-refractivity contribution is -0.115. The highest BCUT2D eigenvalue weighted by Gasteiger charge is 2.20. The first kappa shape index (κ1) is 12.9. The minimum atomic E-state index is -0.489. The summed E-state index contributed by atoms with van der Waals surface area (Å²) in [5.74, 6) is -0.208. The van der Waals surface area contributed by atoms with Crippen LogP contribution in [0, 0.1) is 5.82 Å². The lowest BCUT2D eigenvalue weighted by atomic mass is 10.1. The van der Waals surface area contributed by atoms with Crippen LogP contribution in [0.2, 0.25) is 0 Å². The summed E-state index contributed by atoms with van der Waals surface area (Å²) < 4.78 is 19.9. The Bertz CT molecular complexity index is 719. The van der Waals surface area contributed by atoms with Crippen LogP contribution in [0.3, 0.4) is 0 Å². The molecule has 102 valence electrons. The van der Waals surface area contributed by atoms with Gasteiger partial charge in [-0.2, -0.15) is 0 Å². The Morgan fingerprint density at radius 3 is 2.85 bits per heavy atom. The van der Waals surface area contributed by atoms with Gasteiger partial charge in [0.2, 0.25) is 5.91 Å². The number of amides is 1. The number of ether oxygens (including phenoxy) is 1. The van der Waals surface area contributed by atoms with Crippen molar-refractivity contribution in [1.82, 2.24) is 0 Å². The summed E-state index contributed by atoms with van der Waals surface area (Å²) in [5, 5.41) is 2.70.